The smallest absolute Gasteiger partial charge is 0.406 e. The fourth-order valence-corrected chi connectivity index (χ4v) is 2.18. The zero-order valence-corrected chi connectivity index (χ0v) is 13.9. The number of hydrogen-bond acceptors (Lipinski definition) is 5. The lowest BCUT2D eigenvalue weighted by molar-refractivity contribution is -0.274. The molecule has 2 aromatic carbocycles. The van der Waals surface area contributed by atoms with E-state index < -0.39 is 17.6 Å². The molecule has 0 aliphatic heterocycles. The van der Waals surface area contributed by atoms with Crippen molar-refractivity contribution in [3.05, 3.63) is 54.4 Å². The van der Waals surface area contributed by atoms with Crippen LogP contribution in [0.2, 0.25) is 0 Å². The quantitative estimate of drug-likeness (QED) is 0.438. The standard InChI is InChI=1S/C16H9ClF5N3O2/c17-15(18,19)14-24-13(25-27-14)9-2-1-3-11(8-9)23-10-4-6-12(7-5-10)26-16(20,21)22/h1-8,23H. The summed E-state index contributed by atoms with van der Waals surface area (Å²) in [5.74, 6) is -1.48. The normalized spacial score (nSPS) is 12.1. The summed E-state index contributed by atoms with van der Waals surface area (Å²) in [6, 6.07) is 11.4. The van der Waals surface area contributed by atoms with E-state index in [2.05, 4.69) is 24.7 Å². The molecule has 0 fully saturated rings. The molecule has 0 bridgehead atoms. The Morgan fingerprint density at radius 3 is 2.26 bits per heavy atom. The summed E-state index contributed by atoms with van der Waals surface area (Å²) in [4.78, 5) is 3.54. The molecule has 0 saturated carbocycles. The Bertz CT molecular complexity index is 923. The van der Waals surface area contributed by atoms with Crippen LogP contribution in [-0.2, 0) is 5.38 Å². The van der Waals surface area contributed by atoms with Gasteiger partial charge >= 0.3 is 17.6 Å². The largest absolute Gasteiger partial charge is 0.573 e. The molecule has 0 amide bonds. The highest BCUT2D eigenvalue weighted by atomic mass is 35.5. The van der Waals surface area contributed by atoms with Crippen molar-refractivity contribution < 1.29 is 31.2 Å². The number of aromatic nitrogens is 2. The average Bonchev–Trinajstić information content (AvgIpc) is 3.06. The van der Waals surface area contributed by atoms with E-state index in [0.29, 0.717) is 16.9 Å². The van der Waals surface area contributed by atoms with Gasteiger partial charge in [-0.15, -0.1) is 13.2 Å². The molecule has 0 radical (unpaired) electrons. The Kier molecular flexibility index (Phi) is 4.92. The van der Waals surface area contributed by atoms with Gasteiger partial charge in [0.1, 0.15) is 5.75 Å². The number of nitrogens with one attached hydrogen (secondary N) is 1. The van der Waals surface area contributed by atoms with E-state index >= 15 is 0 Å². The van der Waals surface area contributed by atoms with Gasteiger partial charge < -0.3 is 14.6 Å². The molecule has 11 heteroatoms. The molecule has 3 rings (SSSR count). The number of alkyl halides is 6. The minimum Gasteiger partial charge on any atom is -0.406 e. The Labute approximate surface area is 153 Å². The van der Waals surface area contributed by atoms with Crippen LogP contribution in [0.5, 0.6) is 5.75 Å². The van der Waals surface area contributed by atoms with Crippen molar-refractivity contribution in [2.24, 2.45) is 0 Å². The van der Waals surface area contributed by atoms with Crippen LogP contribution >= 0.6 is 11.6 Å². The maximum absolute atomic E-state index is 13.0. The van der Waals surface area contributed by atoms with Crippen molar-refractivity contribution in [3.63, 3.8) is 0 Å². The maximum Gasteiger partial charge on any atom is 0.573 e. The van der Waals surface area contributed by atoms with Crippen LogP contribution in [0, 0.1) is 0 Å². The van der Waals surface area contributed by atoms with E-state index in [0.717, 1.165) is 12.1 Å². The summed E-state index contributed by atoms with van der Waals surface area (Å²) in [6.07, 6.45) is -4.77. The zero-order valence-electron chi connectivity index (χ0n) is 13.1. The Morgan fingerprint density at radius 1 is 0.963 bits per heavy atom. The van der Waals surface area contributed by atoms with Crippen LogP contribution in [0.25, 0.3) is 11.4 Å². The molecule has 0 spiro atoms. The van der Waals surface area contributed by atoms with Gasteiger partial charge in [-0.1, -0.05) is 17.3 Å². The number of halogens is 6. The van der Waals surface area contributed by atoms with Gasteiger partial charge in [0.15, 0.2) is 0 Å². The van der Waals surface area contributed by atoms with E-state index in [1.54, 1.807) is 24.3 Å². The van der Waals surface area contributed by atoms with Gasteiger partial charge in [-0.05, 0) is 48.0 Å². The van der Waals surface area contributed by atoms with Gasteiger partial charge in [0.05, 0.1) is 0 Å². The minimum atomic E-state index is -4.77. The fourth-order valence-electron chi connectivity index (χ4n) is 2.10. The summed E-state index contributed by atoms with van der Waals surface area (Å²) in [6.45, 7) is 0. The molecule has 27 heavy (non-hydrogen) atoms. The van der Waals surface area contributed by atoms with E-state index in [1.165, 1.54) is 12.1 Å². The SMILES string of the molecule is FC(F)(F)Oc1ccc(Nc2cccc(-c3noc(C(F)(F)Cl)n3)c2)cc1. The van der Waals surface area contributed by atoms with Gasteiger partial charge in [-0.25, -0.2) is 0 Å². The van der Waals surface area contributed by atoms with Gasteiger partial charge in [0.2, 0.25) is 5.82 Å². The summed E-state index contributed by atoms with van der Waals surface area (Å²) in [5, 5.41) is 2.61. The average molecular weight is 406 g/mol. The molecular formula is C16H9ClF5N3O2. The molecule has 3 aromatic rings. The summed E-state index contributed by atoms with van der Waals surface area (Å²) in [5.41, 5.74) is 1.36. The first-order chi connectivity index (χ1) is 12.6. The second kappa shape index (κ2) is 7.03. The summed E-state index contributed by atoms with van der Waals surface area (Å²) in [7, 11) is 0. The maximum atomic E-state index is 13.0. The van der Waals surface area contributed by atoms with Crippen LogP contribution in [0.15, 0.2) is 53.1 Å². The first kappa shape index (κ1) is 18.9. The van der Waals surface area contributed by atoms with Crippen LogP contribution < -0.4 is 10.1 Å². The first-order valence-electron chi connectivity index (χ1n) is 7.24. The van der Waals surface area contributed by atoms with E-state index in [4.69, 9.17) is 11.6 Å². The number of hydrogen-bond donors (Lipinski definition) is 1. The van der Waals surface area contributed by atoms with Crippen LogP contribution in [-0.4, -0.2) is 16.5 Å². The highest BCUT2D eigenvalue weighted by Gasteiger charge is 2.35. The number of nitrogens with zero attached hydrogens (tertiary/aromatic N) is 2. The third-order valence-corrected chi connectivity index (χ3v) is 3.33. The van der Waals surface area contributed by atoms with Crippen molar-refractivity contribution in [1.29, 1.82) is 0 Å². The Balaban J connectivity index is 1.75. The second-order valence-corrected chi connectivity index (χ2v) is 5.67. The van der Waals surface area contributed by atoms with Gasteiger partial charge in [-0.3, -0.25) is 0 Å². The number of benzene rings is 2. The monoisotopic (exact) mass is 405 g/mol. The molecule has 0 atom stereocenters. The molecule has 0 unspecified atom stereocenters. The number of anilines is 2. The summed E-state index contributed by atoms with van der Waals surface area (Å²) < 4.78 is 70.6. The minimum absolute atomic E-state index is 0.0945. The lowest BCUT2D eigenvalue weighted by atomic mass is 10.2. The second-order valence-electron chi connectivity index (χ2n) is 5.20. The van der Waals surface area contributed by atoms with Crippen LogP contribution in [0.3, 0.4) is 0 Å². The lowest BCUT2D eigenvalue weighted by Crippen LogP contribution is -2.16. The van der Waals surface area contributed by atoms with Crippen molar-refractivity contribution >= 4 is 23.0 Å². The van der Waals surface area contributed by atoms with Crippen LogP contribution in [0.4, 0.5) is 33.3 Å². The first-order valence-corrected chi connectivity index (χ1v) is 7.62. The van der Waals surface area contributed by atoms with Gasteiger partial charge in [-0.2, -0.15) is 13.8 Å². The van der Waals surface area contributed by atoms with E-state index in [9.17, 15) is 22.0 Å². The third kappa shape index (κ3) is 5.07. The third-order valence-electron chi connectivity index (χ3n) is 3.17. The van der Waals surface area contributed by atoms with Gasteiger partial charge in [0, 0.05) is 16.9 Å². The highest BCUT2D eigenvalue weighted by Crippen LogP contribution is 2.32. The van der Waals surface area contributed by atoms with Crippen molar-refractivity contribution in [3.8, 4) is 17.1 Å². The molecule has 1 heterocycles. The molecule has 5 nitrogen and oxygen atoms in total. The van der Waals surface area contributed by atoms with Crippen molar-refractivity contribution in [2.75, 3.05) is 5.32 Å². The van der Waals surface area contributed by atoms with Gasteiger partial charge in [0.25, 0.3) is 0 Å². The highest BCUT2D eigenvalue weighted by molar-refractivity contribution is 6.21. The van der Waals surface area contributed by atoms with E-state index in [-0.39, 0.29) is 11.6 Å². The fraction of sp³-hybridized carbons (Fsp3) is 0.125. The predicted octanol–water partition coefficient (Wildman–Crippen LogP) is 5.67. The molecule has 0 aliphatic carbocycles. The van der Waals surface area contributed by atoms with Crippen LogP contribution in [0.1, 0.15) is 5.89 Å². The summed E-state index contributed by atoms with van der Waals surface area (Å²) >= 11 is 4.83. The molecule has 142 valence electrons. The van der Waals surface area contributed by atoms with Crippen molar-refractivity contribution in [1.82, 2.24) is 10.1 Å². The Morgan fingerprint density at radius 2 is 1.67 bits per heavy atom. The predicted molar refractivity (Wildman–Crippen MR) is 85.9 cm³/mol. The zero-order chi connectivity index (χ0) is 19.7. The molecule has 1 N–H and O–H groups in total. The number of ether oxygens (including phenoxy) is 1. The van der Waals surface area contributed by atoms with E-state index in [1.807, 2.05) is 0 Å². The number of rotatable bonds is 5. The molecule has 1 aromatic heterocycles. The Hall–Kier alpha value is -2.88. The van der Waals surface area contributed by atoms with Crippen molar-refractivity contribution in [2.45, 2.75) is 11.7 Å². The molecule has 0 saturated heterocycles. The lowest BCUT2D eigenvalue weighted by Gasteiger charge is -2.10. The molecular weight excluding hydrogens is 397 g/mol. The molecule has 0 aliphatic rings. The topological polar surface area (TPSA) is 60.2 Å².